The zero-order chi connectivity index (χ0) is 18.9. The van der Waals surface area contributed by atoms with Gasteiger partial charge in [0, 0.05) is 20.9 Å². The van der Waals surface area contributed by atoms with Gasteiger partial charge in [-0.05, 0) is 29.3 Å². The van der Waals surface area contributed by atoms with Gasteiger partial charge in [0.2, 0.25) is 0 Å². The van der Waals surface area contributed by atoms with Crippen LogP contribution in [0.3, 0.4) is 0 Å². The molecule has 0 atom stereocenters. The molecule has 0 aliphatic carbocycles. The van der Waals surface area contributed by atoms with Crippen molar-refractivity contribution in [2.45, 2.75) is 0 Å². The first-order valence-corrected chi connectivity index (χ1v) is 10.1. The fourth-order valence-electron chi connectivity index (χ4n) is 3.88. The van der Waals surface area contributed by atoms with Gasteiger partial charge in [-0.3, -0.25) is 0 Å². The molecule has 5 rings (SSSR count). The highest BCUT2D eigenvalue weighted by atomic mass is 79.9. The van der Waals surface area contributed by atoms with Crippen LogP contribution < -0.4 is 0 Å². The van der Waals surface area contributed by atoms with E-state index in [4.69, 9.17) is 0 Å². The molecule has 0 saturated heterocycles. The maximum absolute atomic E-state index is 3.65. The Morgan fingerprint density at radius 2 is 1.00 bits per heavy atom. The number of hydrogen-bond acceptors (Lipinski definition) is 0. The van der Waals surface area contributed by atoms with E-state index in [1.54, 1.807) is 0 Å². The molecular formula is C26H18BrN. The van der Waals surface area contributed by atoms with Gasteiger partial charge in [-0.15, -0.1) is 0 Å². The average Bonchev–Trinajstić information content (AvgIpc) is 3.10. The van der Waals surface area contributed by atoms with E-state index < -0.39 is 0 Å². The number of benzene rings is 4. The van der Waals surface area contributed by atoms with Crippen LogP contribution in [0.15, 0.2) is 114 Å². The standard InChI is InChI=1S/C26H18BrN/c27-21-14-9-15-22(18-21)28-25(19-10-3-1-4-11-19)23-16-7-8-17-24(23)26(28)20-12-5-2-6-13-20/h1-18H. The second kappa shape index (κ2) is 7.14. The summed E-state index contributed by atoms with van der Waals surface area (Å²) in [6.07, 6.45) is 0. The minimum absolute atomic E-state index is 1.07. The molecule has 1 heterocycles. The zero-order valence-electron chi connectivity index (χ0n) is 15.2. The first-order valence-electron chi connectivity index (χ1n) is 9.33. The molecule has 0 aliphatic rings. The van der Waals surface area contributed by atoms with E-state index in [-0.39, 0.29) is 0 Å². The Labute approximate surface area is 173 Å². The van der Waals surface area contributed by atoms with Gasteiger partial charge in [0.15, 0.2) is 0 Å². The lowest BCUT2D eigenvalue weighted by molar-refractivity contribution is 1.10. The van der Waals surface area contributed by atoms with Crippen molar-refractivity contribution in [3.8, 4) is 28.2 Å². The molecule has 0 aliphatic heterocycles. The van der Waals surface area contributed by atoms with Crippen LogP contribution >= 0.6 is 15.9 Å². The van der Waals surface area contributed by atoms with Crippen molar-refractivity contribution in [1.29, 1.82) is 0 Å². The predicted octanol–water partition coefficient (Wildman–Crippen LogP) is 7.73. The third-order valence-corrected chi connectivity index (χ3v) is 5.54. The summed E-state index contributed by atoms with van der Waals surface area (Å²) in [5.74, 6) is 0. The van der Waals surface area contributed by atoms with E-state index in [1.807, 2.05) is 0 Å². The molecule has 4 aromatic carbocycles. The molecule has 1 nitrogen and oxygen atoms in total. The van der Waals surface area contributed by atoms with Crippen LogP contribution in [-0.4, -0.2) is 4.57 Å². The van der Waals surface area contributed by atoms with Crippen LogP contribution in [0.1, 0.15) is 0 Å². The Balaban J connectivity index is 1.97. The quantitative estimate of drug-likeness (QED) is 0.279. The molecule has 5 aromatic rings. The van der Waals surface area contributed by atoms with Crippen molar-refractivity contribution >= 4 is 26.7 Å². The highest BCUT2D eigenvalue weighted by Gasteiger charge is 2.20. The van der Waals surface area contributed by atoms with Crippen molar-refractivity contribution in [2.75, 3.05) is 0 Å². The maximum atomic E-state index is 3.65. The van der Waals surface area contributed by atoms with Crippen LogP contribution in [0.5, 0.6) is 0 Å². The summed E-state index contributed by atoms with van der Waals surface area (Å²) in [7, 11) is 0. The molecule has 0 spiro atoms. The van der Waals surface area contributed by atoms with Crippen LogP contribution in [-0.2, 0) is 0 Å². The van der Waals surface area contributed by atoms with Crippen molar-refractivity contribution in [3.63, 3.8) is 0 Å². The highest BCUT2D eigenvalue weighted by Crippen LogP contribution is 2.41. The van der Waals surface area contributed by atoms with Gasteiger partial charge in [-0.1, -0.05) is 107 Å². The Bertz CT molecular complexity index is 1180. The molecule has 0 N–H and O–H groups in total. The van der Waals surface area contributed by atoms with E-state index in [1.165, 1.54) is 33.3 Å². The Morgan fingerprint density at radius 3 is 1.50 bits per heavy atom. The number of hydrogen-bond donors (Lipinski definition) is 0. The van der Waals surface area contributed by atoms with E-state index in [0.29, 0.717) is 0 Å². The Morgan fingerprint density at radius 1 is 0.500 bits per heavy atom. The Hall–Kier alpha value is -3.10. The summed E-state index contributed by atoms with van der Waals surface area (Å²) in [6.45, 7) is 0. The van der Waals surface area contributed by atoms with Gasteiger partial charge in [0.1, 0.15) is 0 Å². The van der Waals surface area contributed by atoms with E-state index in [2.05, 4.69) is 130 Å². The molecule has 0 fully saturated rings. The normalized spacial score (nSPS) is 11.0. The molecule has 0 bridgehead atoms. The van der Waals surface area contributed by atoms with Gasteiger partial charge in [0.05, 0.1) is 11.4 Å². The van der Waals surface area contributed by atoms with Crippen LogP contribution in [0.4, 0.5) is 0 Å². The van der Waals surface area contributed by atoms with E-state index in [0.717, 1.165) is 10.2 Å². The third-order valence-electron chi connectivity index (χ3n) is 5.05. The SMILES string of the molecule is Brc1cccc(-n2c(-c3ccccc3)c3ccccc3c2-c2ccccc2)c1. The Kier molecular flexibility index (Phi) is 4.34. The molecule has 0 amide bonds. The van der Waals surface area contributed by atoms with Gasteiger partial charge in [-0.2, -0.15) is 0 Å². The molecule has 28 heavy (non-hydrogen) atoms. The lowest BCUT2D eigenvalue weighted by Gasteiger charge is -2.15. The highest BCUT2D eigenvalue weighted by molar-refractivity contribution is 9.10. The van der Waals surface area contributed by atoms with Crippen LogP contribution in [0.2, 0.25) is 0 Å². The molecule has 1 aromatic heterocycles. The predicted molar refractivity (Wildman–Crippen MR) is 122 cm³/mol. The number of aromatic nitrogens is 1. The third kappa shape index (κ3) is 2.87. The van der Waals surface area contributed by atoms with Crippen molar-refractivity contribution < 1.29 is 0 Å². The number of nitrogens with zero attached hydrogens (tertiary/aromatic N) is 1. The second-order valence-corrected chi connectivity index (χ2v) is 7.71. The zero-order valence-corrected chi connectivity index (χ0v) is 16.8. The molecule has 134 valence electrons. The molecule has 0 radical (unpaired) electrons. The largest absolute Gasteiger partial charge is 0.308 e. The molecule has 0 saturated carbocycles. The first-order chi connectivity index (χ1) is 13.8. The second-order valence-electron chi connectivity index (χ2n) is 6.79. The van der Waals surface area contributed by atoms with Crippen LogP contribution in [0.25, 0.3) is 39.0 Å². The lowest BCUT2D eigenvalue weighted by Crippen LogP contribution is -1.99. The van der Waals surface area contributed by atoms with E-state index >= 15 is 0 Å². The smallest absolute Gasteiger partial charge is 0.0613 e. The van der Waals surface area contributed by atoms with Gasteiger partial charge >= 0.3 is 0 Å². The number of fused-ring (bicyclic) bond motifs is 1. The van der Waals surface area contributed by atoms with Gasteiger partial charge in [-0.25, -0.2) is 0 Å². The summed E-state index contributed by atoms with van der Waals surface area (Å²) >= 11 is 3.65. The minimum Gasteiger partial charge on any atom is -0.308 e. The summed E-state index contributed by atoms with van der Waals surface area (Å²) in [5, 5.41) is 2.51. The summed E-state index contributed by atoms with van der Waals surface area (Å²) in [4.78, 5) is 0. The summed E-state index contributed by atoms with van der Waals surface area (Å²) in [6, 6.07) is 38.5. The minimum atomic E-state index is 1.07. The van der Waals surface area contributed by atoms with Crippen molar-refractivity contribution in [3.05, 3.63) is 114 Å². The van der Waals surface area contributed by atoms with E-state index in [9.17, 15) is 0 Å². The number of halogens is 1. The number of rotatable bonds is 3. The maximum Gasteiger partial charge on any atom is 0.0613 e. The van der Waals surface area contributed by atoms with Crippen molar-refractivity contribution in [2.24, 2.45) is 0 Å². The summed E-state index contributed by atoms with van der Waals surface area (Å²) in [5.41, 5.74) is 5.99. The van der Waals surface area contributed by atoms with Gasteiger partial charge in [0.25, 0.3) is 0 Å². The van der Waals surface area contributed by atoms with Crippen molar-refractivity contribution in [1.82, 2.24) is 4.57 Å². The average molecular weight is 424 g/mol. The fraction of sp³-hybridized carbons (Fsp3) is 0. The molecule has 2 heteroatoms. The molecular weight excluding hydrogens is 406 g/mol. The summed E-state index contributed by atoms with van der Waals surface area (Å²) < 4.78 is 3.46. The first kappa shape index (κ1) is 17.0. The van der Waals surface area contributed by atoms with Crippen LogP contribution in [0, 0.1) is 0 Å². The lowest BCUT2D eigenvalue weighted by atomic mass is 10.0. The molecule has 0 unspecified atom stereocenters. The topological polar surface area (TPSA) is 4.93 Å². The fourth-order valence-corrected chi connectivity index (χ4v) is 4.27. The monoisotopic (exact) mass is 423 g/mol. The van der Waals surface area contributed by atoms with Gasteiger partial charge < -0.3 is 4.57 Å².